The predicted molar refractivity (Wildman–Crippen MR) is 262 cm³/mol. The molecule has 1 aromatic rings. The maximum absolute atomic E-state index is 5.73. The van der Waals surface area contributed by atoms with Crippen LogP contribution in [0, 0.1) is 16.7 Å². The van der Waals surface area contributed by atoms with Gasteiger partial charge in [-0.1, -0.05) is 86.0 Å². The predicted octanol–water partition coefficient (Wildman–Crippen LogP) is 12.5. The Bertz CT molecular complexity index is 1310. The Morgan fingerprint density at radius 1 is 0.483 bits per heavy atom. The van der Waals surface area contributed by atoms with E-state index in [2.05, 4.69) is 166 Å². The summed E-state index contributed by atoms with van der Waals surface area (Å²) >= 11 is 0. The number of nitrogens with zero attached hydrogens (tertiary/aromatic N) is 8. The molecule has 3 fully saturated rings. The summed E-state index contributed by atoms with van der Waals surface area (Å²) in [5, 5.41) is 0. The van der Waals surface area contributed by atoms with E-state index in [0.29, 0.717) is 24.0 Å². The molecule has 8 heteroatoms. The quantitative estimate of drug-likeness (QED) is 0.114. The van der Waals surface area contributed by atoms with Gasteiger partial charge in [-0.3, -0.25) is 9.80 Å². The van der Waals surface area contributed by atoms with Crippen LogP contribution in [-0.2, 0) is 0 Å². The molecule has 1 aromatic heterocycles. The molecule has 60 heavy (non-hydrogen) atoms. The number of hydrogen-bond acceptors (Lipinski definition) is 8. The Kier molecular flexibility index (Phi) is 16.7. The SMILES string of the molecule is C=CCC1C(C)(C)CC(N(CCCC)c2nc(N(CCCC)C3CC(C)(C)N(CC=C)C(C)(C)C3)nc(N(CCCC)C3CC(C)(C)N(CC=C)C(C)(C)C3)n2)CC1(C)C. The Morgan fingerprint density at radius 2 is 0.767 bits per heavy atom. The van der Waals surface area contributed by atoms with E-state index in [0.717, 1.165) is 134 Å². The summed E-state index contributed by atoms with van der Waals surface area (Å²) in [6.07, 6.45) is 20.5. The fraction of sp³-hybridized carbons (Fsp3) is 0.827. The molecule has 3 heterocycles. The molecule has 4 rings (SSSR count). The van der Waals surface area contributed by atoms with E-state index < -0.39 is 0 Å². The van der Waals surface area contributed by atoms with Gasteiger partial charge >= 0.3 is 0 Å². The number of piperidine rings is 2. The Labute approximate surface area is 371 Å². The van der Waals surface area contributed by atoms with E-state index >= 15 is 0 Å². The Hall–Kier alpha value is -2.45. The van der Waals surface area contributed by atoms with Gasteiger partial charge in [-0.25, -0.2) is 0 Å². The van der Waals surface area contributed by atoms with Gasteiger partial charge in [0.1, 0.15) is 0 Å². The van der Waals surface area contributed by atoms with Crippen LogP contribution in [0.4, 0.5) is 17.8 Å². The Balaban J connectivity index is 1.99. The van der Waals surface area contributed by atoms with Gasteiger partial charge in [-0.15, -0.1) is 19.7 Å². The highest BCUT2D eigenvalue weighted by atomic mass is 15.4. The molecule has 0 unspecified atom stereocenters. The highest BCUT2D eigenvalue weighted by Gasteiger charge is 2.51. The monoisotopic (exact) mass is 831 g/mol. The molecule has 0 radical (unpaired) electrons. The van der Waals surface area contributed by atoms with Crippen molar-refractivity contribution in [2.45, 2.75) is 228 Å². The summed E-state index contributed by atoms with van der Waals surface area (Å²) < 4.78 is 0. The second kappa shape index (κ2) is 19.9. The molecule has 2 saturated heterocycles. The van der Waals surface area contributed by atoms with Crippen LogP contribution >= 0.6 is 0 Å². The van der Waals surface area contributed by atoms with Gasteiger partial charge < -0.3 is 14.7 Å². The van der Waals surface area contributed by atoms with Gasteiger partial charge in [0.25, 0.3) is 0 Å². The summed E-state index contributed by atoms with van der Waals surface area (Å²) in [6, 6.07) is 0.927. The average molecular weight is 831 g/mol. The summed E-state index contributed by atoms with van der Waals surface area (Å²) in [6.45, 7) is 53.5. The van der Waals surface area contributed by atoms with E-state index in [9.17, 15) is 0 Å². The first-order valence-electron chi connectivity index (χ1n) is 24.4. The second-order valence-electron chi connectivity index (χ2n) is 23.2. The average Bonchev–Trinajstić information content (AvgIpc) is 3.12. The van der Waals surface area contributed by atoms with E-state index in [1.54, 1.807) is 0 Å². The maximum atomic E-state index is 5.73. The third-order valence-electron chi connectivity index (χ3n) is 15.2. The first kappa shape index (κ1) is 50.2. The number of likely N-dealkylation sites (tertiary alicyclic amines) is 2. The lowest BCUT2D eigenvalue weighted by molar-refractivity contribution is -0.0263. The lowest BCUT2D eigenvalue weighted by Crippen LogP contribution is -2.64. The number of hydrogen-bond donors (Lipinski definition) is 0. The molecule has 0 spiro atoms. The fourth-order valence-electron chi connectivity index (χ4n) is 12.9. The molecule has 1 aliphatic carbocycles. The van der Waals surface area contributed by atoms with Crippen molar-refractivity contribution in [3.05, 3.63) is 38.0 Å². The maximum Gasteiger partial charge on any atom is 0.232 e. The third-order valence-corrected chi connectivity index (χ3v) is 15.2. The van der Waals surface area contributed by atoms with Crippen LogP contribution in [0.3, 0.4) is 0 Å². The minimum atomic E-state index is -0.0120. The largest absolute Gasteiger partial charge is 0.338 e. The summed E-state index contributed by atoms with van der Waals surface area (Å²) in [5.74, 6) is 3.21. The van der Waals surface area contributed by atoms with Crippen molar-refractivity contribution in [2.75, 3.05) is 47.4 Å². The van der Waals surface area contributed by atoms with Gasteiger partial charge in [0.05, 0.1) is 0 Å². The van der Waals surface area contributed by atoms with Gasteiger partial charge in [-0.2, -0.15) is 15.0 Å². The highest BCUT2D eigenvalue weighted by molar-refractivity contribution is 5.49. The lowest BCUT2D eigenvalue weighted by atomic mass is 9.54. The van der Waals surface area contributed by atoms with Gasteiger partial charge in [-0.05, 0) is 136 Å². The number of unbranched alkanes of at least 4 members (excludes halogenated alkanes) is 3. The van der Waals surface area contributed by atoms with Crippen LogP contribution in [0.15, 0.2) is 38.0 Å². The van der Waals surface area contributed by atoms with Crippen molar-refractivity contribution in [2.24, 2.45) is 16.7 Å². The van der Waals surface area contributed by atoms with Crippen LogP contribution in [0.1, 0.15) is 187 Å². The zero-order valence-electron chi connectivity index (χ0n) is 42.0. The van der Waals surface area contributed by atoms with Crippen molar-refractivity contribution in [1.82, 2.24) is 24.8 Å². The van der Waals surface area contributed by atoms with E-state index in [4.69, 9.17) is 15.0 Å². The van der Waals surface area contributed by atoms with Crippen molar-refractivity contribution in [3.8, 4) is 0 Å². The summed E-state index contributed by atoms with van der Waals surface area (Å²) in [7, 11) is 0. The molecule has 2 aliphatic heterocycles. The lowest BCUT2D eigenvalue weighted by Gasteiger charge is -2.57. The van der Waals surface area contributed by atoms with Gasteiger partial charge in [0, 0.05) is 73.0 Å². The topological polar surface area (TPSA) is 54.9 Å². The van der Waals surface area contributed by atoms with Crippen LogP contribution in [0.5, 0.6) is 0 Å². The molecule has 0 amide bonds. The van der Waals surface area contributed by atoms with Crippen molar-refractivity contribution >= 4 is 17.8 Å². The number of rotatable bonds is 21. The van der Waals surface area contributed by atoms with Crippen molar-refractivity contribution in [3.63, 3.8) is 0 Å². The first-order chi connectivity index (χ1) is 27.9. The minimum absolute atomic E-state index is 0.0120. The third kappa shape index (κ3) is 11.4. The standard InChI is InChI=1S/C52H94N8/c1-19-25-31-56(40-34-47(7,8)43(28-22-4)48(9,10)35-40)44-53-45(57(32-26-20-2)41-36-49(11,12)59(29-23-5)50(13,14)37-41)55-46(54-44)58(33-27-21-3)42-38-51(15,16)60(30-24-6)52(17,18)39-42/h22-24,40-43H,4-6,19-21,25-39H2,1-3,7-18H3. The van der Waals surface area contributed by atoms with E-state index in [-0.39, 0.29) is 33.0 Å². The Morgan fingerprint density at radius 3 is 1.02 bits per heavy atom. The molecular weight excluding hydrogens is 737 g/mol. The van der Waals surface area contributed by atoms with E-state index in [1.807, 2.05) is 0 Å². The number of anilines is 3. The first-order valence-corrected chi connectivity index (χ1v) is 24.4. The highest BCUT2D eigenvalue weighted by Crippen LogP contribution is 2.54. The van der Waals surface area contributed by atoms with Gasteiger partial charge in [0.15, 0.2) is 0 Å². The molecule has 0 aromatic carbocycles. The summed E-state index contributed by atoms with van der Waals surface area (Å²) in [5.41, 5.74) is 0.252. The molecule has 3 aliphatic rings. The molecule has 1 saturated carbocycles. The zero-order chi connectivity index (χ0) is 44.9. The zero-order valence-corrected chi connectivity index (χ0v) is 42.0. The molecule has 8 nitrogen and oxygen atoms in total. The van der Waals surface area contributed by atoms with Crippen LogP contribution in [0.25, 0.3) is 0 Å². The fourth-order valence-corrected chi connectivity index (χ4v) is 12.9. The van der Waals surface area contributed by atoms with E-state index in [1.165, 1.54) is 0 Å². The van der Waals surface area contributed by atoms with Gasteiger partial charge in [0.2, 0.25) is 17.8 Å². The van der Waals surface area contributed by atoms with Crippen molar-refractivity contribution < 1.29 is 0 Å². The molecular formula is C52H94N8. The molecule has 0 N–H and O–H groups in total. The smallest absolute Gasteiger partial charge is 0.232 e. The number of allylic oxidation sites excluding steroid dienone is 1. The van der Waals surface area contributed by atoms with Crippen LogP contribution in [0.2, 0.25) is 0 Å². The molecule has 0 bridgehead atoms. The van der Waals surface area contributed by atoms with Crippen molar-refractivity contribution in [1.29, 1.82) is 0 Å². The normalized spacial score (nSPS) is 25.1. The van der Waals surface area contributed by atoms with Crippen LogP contribution in [-0.4, -0.2) is 97.8 Å². The number of aromatic nitrogens is 3. The molecule has 342 valence electrons. The second-order valence-corrected chi connectivity index (χ2v) is 23.2. The molecule has 0 atom stereocenters. The minimum Gasteiger partial charge on any atom is -0.338 e. The summed E-state index contributed by atoms with van der Waals surface area (Å²) in [4.78, 5) is 30.4. The van der Waals surface area contributed by atoms with Crippen LogP contribution < -0.4 is 14.7 Å².